The summed E-state index contributed by atoms with van der Waals surface area (Å²) in [7, 11) is 0. The molecule has 2 aromatic heterocycles. The molecule has 0 radical (unpaired) electrons. The number of carbonyl (C=O) groups is 2. The van der Waals surface area contributed by atoms with Crippen LogP contribution in [0.3, 0.4) is 0 Å². The van der Waals surface area contributed by atoms with Gasteiger partial charge >= 0.3 is 5.97 Å². The first-order valence-electron chi connectivity index (χ1n) is 7.47. The highest BCUT2D eigenvalue weighted by Crippen LogP contribution is 2.23. The second kappa shape index (κ2) is 6.13. The molecule has 1 atom stereocenters. The lowest BCUT2D eigenvalue weighted by Gasteiger charge is -2.35. The molecule has 7 nitrogen and oxygen atoms in total. The number of likely N-dealkylation sites (tertiary alicyclic amines) is 1. The number of rotatable bonds is 4. The van der Waals surface area contributed by atoms with Gasteiger partial charge in [-0.3, -0.25) is 9.59 Å². The quantitative estimate of drug-likeness (QED) is 0.926. The van der Waals surface area contributed by atoms with E-state index in [1.807, 2.05) is 0 Å². The summed E-state index contributed by atoms with van der Waals surface area (Å²) in [6, 6.07) is -0.0330. The standard InChI is InChI=1S/C15H18N4O3/c20-12(21)5-4-11-3-1-2-8-19(11)15(22)13-14-17-7-10-18(14)9-6-16-13/h6-7,9-11H,1-5,8H2,(H,20,21). The molecule has 1 aliphatic heterocycles. The monoisotopic (exact) mass is 302 g/mol. The molecule has 0 aliphatic carbocycles. The summed E-state index contributed by atoms with van der Waals surface area (Å²) < 4.78 is 1.76. The molecule has 0 bridgehead atoms. The molecule has 116 valence electrons. The van der Waals surface area contributed by atoms with Crippen molar-refractivity contribution in [3.8, 4) is 0 Å². The van der Waals surface area contributed by atoms with Gasteiger partial charge in [0.1, 0.15) is 0 Å². The van der Waals surface area contributed by atoms with Gasteiger partial charge in [0.2, 0.25) is 0 Å². The normalized spacial score (nSPS) is 18.5. The topological polar surface area (TPSA) is 87.8 Å². The maximum Gasteiger partial charge on any atom is 0.303 e. The Morgan fingerprint density at radius 1 is 1.23 bits per heavy atom. The summed E-state index contributed by atoms with van der Waals surface area (Å²) in [5.41, 5.74) is 0.866. The van der Waals surface area contributed by atoms with Crippen molar-refractivity contribution in [3.05, 3.63) is 30.5 Å². The van der Waals surface area contributed by atoms with Gasteiger partial charge in [0, 0.05) is 43.8 Å². The average Bonchev–Trinajstić information content (AvgIpc) is 3.01. The van der Waals surface area contributed by atoms with Crippen LogP contribution >= 0.6 is 0 Å². The molecule has 3 heterocycles. The molecule has 1 amide bonds. The van der Waals surface area contributed by atoms with Gasteiger partial charge in [-0.05, 0) is 25.7 Å². The number of hydrogen-bond acceptors (Lipinski definition) is 4. The van der Waals surface area contributed by atoms with Crippen LogP contribution in [0.5, 0.6) is 0 Å². The lowest BCUT2D eigenvalue weighted by Crippen LogP contribution is -2.44. The molecule has 1 aliphatic rings. The van der Waals surface area contributed by atoms with Gasteiger partial charge in [-0.25, -0.2) is 9.97 Å². The van der Waals surface area contributed by atoms with Crippen LogP contribution in [0.2, 0.25) is 0 Å². The number of amides is 1. The Labute approximate surface area is 127 Å². The average molecular weight is 302 g/mol. The zero-order chi connectivity index (χ0) is 15.5. The van der Waals surface area contributed by atoms with Crippen molar-refractivity contribution >= 4 is 17.5 Å². The molecular weight excluding hydrogens is 284 g/mol. The molecule has 0 spiro atoms. The Kier molecular flexibility index (Phi) is 4.04. The molecular formula is C15H18N4O3. The Hall–Kier alpha value is -2.44. The largest absolute Gasteiger partial charge is 0.481 e. The summed E-state index contributed by atoms with van der Waals surface area (Å²) in [6.45, 7) is 0.645. The third-order valence-corrected chi connectivity index (χ3v) is 4.09. The van der Waals surface area contributed by atoms with Crippen LogP contribution in [-0.4, -0.2) is 48.8 Å². The second-order valence-corrected chi connectivity index (χ2v) is 5.51. The van der Waals surface area contributed by atoms with Gasteiger partial charge in [0.05, 0.1) is 0 Å². The van der Waals surface area contributed by atoms with E-state index in [9.17, 15) is 9.59 Å². The van der Waals surface area contributed by atoms with Crippen molar-refractivity contribution in [2.75, 3.05) is 6.54 Å². The van der Waals surface area contributed by atoms with Crippen molar-refractivity contribution in [1.29, 1.82) is 0 Å². The summed E-state index contributed by atoms with van der Waals surface area (Å²) in [6.07, 6.45) is 10.1. The Bertz CT molecular complexity index is 697. The maximum atomic E-state index is 12.8. The van der Waals surface area contributed by atoms with Gasteiger partial charge in [-0.2, -0.15) is 0 Å². The van der Waals surface area contributed by atoms with Crippen molar-refractivity contribution in [1.82, 2.24) is 19.3 Å². The van der Waals surface area contributed by atoms with Crippen molar-refractivity contribution in [2.45, 2.75) is 38.1 Å². The van der Waals surface area contributed by atoms with E-state index in [1.54, 1.807) is 34.1 Å². The minimum Gasteiger partial charge on any atom is -0.481 e. The number of hydrogen-bond donors (Lipinski definition) is 1. The minimum absolute atomic E-state index is 0.0330. The van der Waals surface area contributed by atoms with Gasteiger partial charge in [0.25, 0.3) is 5.91 Å². The van der Waals surface area contributed by atoms with Crippen molar-refractivity contribution < 1.29 is 14.7 Å². The van der Waals surface area contributed by atoms with Gasteiger partial charge in [-0.15, -0.1) is 0 Å². The van der Waals surface area contributed by atoms with Crippen molar-refractivity contribution in [3.63, 3.8) is 0 Å². The fraction of sp³-hybridized carbons (Fsp3) is 0.467. The molecule has 1 saturated heterocycles. The van der Waals surface area contributed by atoms with Crippen LogP contribution in [0.25, 0.3) is 5.65 Å². The fourth-order valence-electron chi connectivity index (χ4n) is 3.00. The first-order valence-corrected chi connectivity index (χ1v) is 7.47. The van der Waals surface area contributed by atoms with E-state index < -0.39 is 5.97 Å². The van der Waals surface area contributed by atoms with Gasteiger partial charge < -0.3 is 14.4 Å². The maximum absolute atomic E-state index is 12.8. The summed E-state index contributed by atoms with van der Waals surface area (Å²) in [4.78, 5) is 33.8. The molecule has 0 saturated carbocycles. The lowest BCUT2D eigenvalue weighted by molar-refractivity contribution is -0.137. The zero-order valence-corrected chi connectivity index (χ0v) is 12.2. The SMILES string of the molecule is O=C(O)CCC1CCCCN1C(=O)c1nccn2ccnc12. The number of aromatic nitrogens is 3. The summed E-state index contributed by atoms with van der Waals surface area (Å²) in [5.74, 6) is -0.988. The number of carboxylic acids is 1. The summed E-state index contributed by atoms with van der Waals surface area (Å²) >= 11 is 0. The highest BCUT2D eigenvalue weighted by Gasteiger charge is 2.29. The summed E-state index contributed by atoms with van der Waals surface area (Å²) in [5, 5.41) is 8.87. The molecule has 3 rings (SSSR count). The third kappa shape index (κ3) is 2.79. The van der Waals surface area contributed by atoms with E-state index in [4.69, 9.17) is 5.11 Å². The molecule has 0 aromatic carbocycles. The minimum atomic E-state index is -0.827. The highest BCUT2D eigenvalue weighted by atomic mass is 16.4. The zero-order valence-electron chi connectivity index (χ0n) is 12.2. The lowest BCUT2D eigenvalue weighted by atomic mass is 9.97. The van der Waals surface area contributed by atoms with Crippen molar-refractivity contribution in [2.24, 2.45) is 0 Å². The number of nitrogens with zero attached hydrogens (tertiary/aromatic N) is 4. The fourth-order valence-corrected chi connectivity index (χ4v) is 3.00. The van der Waals surface area contributed by atoms with Gasteiger partial charge in [-0.1, -0.05) is 0 Å². The molecule has 2 aromatic rings. The molecule has 1 unspecified atom stereocenters. The van der Waals surface area contributed by atoms with Crippen LogP contribution in [0.15, 0.2) is 24.8 Å². The van der Waals surface area contributed by atoms with Crippen LogP contribution in [-0.2, 0) is 4.79 Å². The predicted molar refractivity (Wildman–Crippen MR) is 78.5 cm³/mol. The van der Waals surface area contributed by atoms with E-state index in [-0.39, 0.29) is 18.4 Å². The first kappa shape index (κ1) is 14.5. The van der Waals surface area contributed by atoms with Crippen LogP contribution in [0, 0.1) is 0 Å². The van der Waals surface area contributed by atoms with E-state index in [0.717, 1.165) is 19.3 Å². The molecule has 22 heavy (non-hydrogen) atoms. The van der Waals surface area contributed by atoms with Crippen LogP contribution in [0.1, 0.15) is 42.6 Å². The number of carboxylic acid groups (broad SMARTS) is 1. The first-order chi connectivity index (χ1) is 10.7. The number of imidazole rings is 1. The molecule has 7 heteroatoms. The molecule has 1 N–H and O–H groups in total. The Balaban J connectivity index is 1.85. The van der Waals surface area contributed by atoms with Crippen LogP contribution in [0.4, 0.5) is 0 Å². The number of carbonyl (C=O) groups excluding carboxylic acids is 1. The number of aliphatic carboxylic acids is 1. The molecule has 1 fully saturated rings. The highest BCUT2D eigenvalue weighted by molar-refractivity contribution is 5.98. The van der Waals surface area contributed by atoms with Crippen LogP contribution < -0.4 is 0 Å². The van der Waals surface area contributed by atoms with Gasteiger partial charge in [0.15, 0.2) is 11.3 Å². The smallest absolute Gasteiger partial charge is 0.303 e. The Morgan fingerprint density at radius 2 is 2.00 bits per heavy atom. The van der Waals surface area contributed by atoms with E-state index in [2.05, 4.69) is 9.97 Å². The van der Waals surface area contributed by atoms with E-state index in [1.165, 1.54) is 0 Å². The predicted octanol–water partition coefficient (Wildman–Crippen LogP) is 1.59. The number of piperidine rings is 1. The number of fused-ring (bicyclic) bond motifs is 1. The third-order valence-electron chi connectivity index (χ3n) is 4.09. The van der Waals surface area contributed by atoms with E-state index >= 15 is 0 Å². The Morgan fingerprint density at radius 3 is 2.77 bits per heavy atom. The second-order valence-electron chi connectivity index (χ2n) is 5.51. The van der Waals surface area contributed by atoms with E-state index in [0.29, 0.717) is 24.3 Å².